The Bertz CT molecular complexity index is 859. The minimum atomic E-state index is -3.79. The van der Waals surface area contributed by atoms with Gasteiger partial charge in [-0.05, 0) is 45.4 Å². The summed E-state index contributed by atoms with van der Waals surface area (Å²) in [6.45, 7) is 7.46. The number of hydrogen-bond acceptors (Lipinski definition) is 3. The van der Waals surface area contributed by atoms with Crippen molar-refractivity contribution in [3.63, 3.8) is 0 Å². The summed E-state index contributed by atoms with van der Waals surface area (Å²) in [6, 6.07) is 14.2. The van der Waals surface area contributed by atoms with Crippen molar-refractivity contribution >= 4 is 15.9 Å². The fourth-order valence-electron chi connectivity index (χ4n) is 2.63. The minimum absolute atomic E-state index is 0.0506. The van der Waals surface area contributed by atoms with Crippen molar-refractivity contribution < 1.29 is 13.2 Å². The molecule has 2 aromatic carbocycles. The van der Waals surface area contributed by atoms with Crippen LogP contribution in [0.3, 0.4) is 0 Å². The first-order valence-electron chi connectivity index (χ1n) is 8.60. The van der Waals surface area contributed by atoms with Crippen LogP contribution in [0.1, 0.15) is 30.5 Å². The molecule has 0 bridgehead atoms. The smallest absolute Gasteiger partial charge is 0.243 e. The number of nitrogens with one attached hydrogen (secondary N) is 1. The summed E-state index contributed by atoms with van der Waals surface area (Å²) in [5.41, 5.74) is 2.87. The first kappa shape index (κ1) is 20.1. The standard InChI is InChI=1S/C20H26N2O3S/c1-15(2)21-20(23)14-22(13-18-7-5-6-17(4)12-18)26(24,25)19-10-8-16(3)9-11-19/h5-12,15H,13-14H2,1-4H3,(H,21,23). The number of hydrogen-bond donors (Lipinski definition) is 1. The number of aryl methyl sites for hydroxylation is 2. The number of nitrogens with zero attached hydrogens (tertiary/aromatic N) is 1. The summed E-state index contributed by atoms with van der Waals surface area (Å²) in [6.07, 6.45) is 0. The molecule has 6 heteroatoms. The summed E-state index contributed by atoms with van der Waals surface area (Å²) >= 11 is 0. The third kappa shape index (κ3) is 5.41. The highest BCUT2D eigenvalue weighted by molar-refractivity contribution is 7.89. The normalized spacial score (nSPS) is 11.8. The molecule has 0 aliphatic rings. The Morgan fingerprint density at radius 2 is 1.69 bits per heavy atom. The maximum Gasteiger partial charge on any atom is 0.243 e. The molecule has 0 heterocycles. The lowest BCUT2D eigenvalue weighted by atomic mass is 10.1. The van der Waals surface area contributed by atoms with Gasteiger partial charge in [-0.2, -0.15) is 4.31 Å². The van der Waals surface area contributed by atoms with Crippen LogP contribution in [0.15, 0.2) is 53.4 Å². The Balaban J connectivity index is 2.35. The van der Waals surface area contributed by atoms with E-state index in [0.29, 0.717) is 0 Å². The van der Waals surface area contributed by atoms with E-state index < -0.39 is 10.0 Å². The second-order valence-corrected chi connectivity index (χ2v) is 8.74. The Hall–Kier alpha value is -2.18. The van der Waals surface area contributed by atoms with Crippen LogP contribution in [-0.2, 0) is 21.4 Å². The van der Waals surface area contributed by atoms with E-state index in [-0.39, 0.29) is 29.9 Å². The van der Waals surface area contributed by atoms with Crippen molar-refractivity contribution in [1.82, 2.24) is 9.62 Å². The predicted molar refractivity (Wildman–Crippen MR) is 103 cm³/mol. The third-order valence-electron chi connectivity index (χ3n) is 3.87. The zero-order valence-corrected chi connectivity index (χ0v) is 16.5. The average Bonchev–Trinajstić information content (AvgIpc) is 2.54. The molecule has 1 N–H and O–H groups in total. The van der Waals surface area contributed by atoms with Crippen LogP contribution in [-0.4, -0.2) is 31.2 Å². The van der Waals surface area contributed by atoms with Gasteiger partial charge in [-0.15, -0.1) is 0 Å². The first-order chi connectivity index (χ1) is 12.2. The fraction of sp³-hybridized carbons (Fsp3) is 0.350. The fourth-order valence-corrected chi connectivity index (χ4v) is 4.01. The van der Waals surface area contributed by atoms with E-state index in [1.165, 1.54) is 4.31 Å². The zero-order valence-electron chi connectivity index (χ0n) is 15.7. The minimum Gasteiger partial charge on any atom is -0.353 e. The van der Waals surface area contributed by atoms with Crippen molar-refractivity contribution in [2.24, 2.45) is 0 Å². The Kier molecular flexibility index (Phi) is 6.56. The molecule has 0 unspecified atom stereocenters. The summed E-state index contributed by atoms with van der Waals surface area (Å²) in [5.74, 6) is -0.316. The Labute approximate surface area is 156 Å². The quantitative estimate of drug-likeness (QED) is 0.810. The van der Waals surface area contributed by atoms with Gasteiger partial charge in [-0.25, -0.2) is 8.42 Å². The van der Waals surface area contributed by atoms with E-state index in [1.807, 2.05) is 52.0 Å². The van der Waals surface area contributed by atoms with Crippen LogP contribution in [0.2, 0.25) is 0 Å². The number of benzene rings is 2. The van der Waals surface area contributed by atoms with E-state index in [1.54, 1.807) is 24.3 Å². The van der Waals surface area contributed by atoms with Crippen LogP contribution in [0.25, 0.3) is 0 Å². The van der Waals surface area contributed by atoms with Crippen LogP contribution < -0.4 is 5.32 Å². The molecule has 140 valence electrons. The van der Waals surface area contributed by atoms with Crippen LogP contribution in [0, 0.1) is 13.8 Å². The topological polar surface area (TPSA) is 66.5 Å². The summed E-state index contributed by atoms with van der Waals surface area (Å²) in [7, 11) is -3.79. The van der Waals surface area contributed by atoms with Gasteiger partial charge in [0.05, 0.1) is 11.4 Å². The molecule has 0 atom stereocenters. The molecule has 0 aliphatic heterocycles. The molecule has 0 radical (unpaired) electrons. The molecule has 2 rings (SSSR count). The lowest BCUT2D eigenvalue weighted by Crippen LogP contribution is -2.42. The van der Waals surface area contributed by atoms with Crippen molar-refractivity contribution in [2.75, 3.05) is 6.54 Å². The van der Waals surface area contributed by atoms with E-state index >= 15 is 0 Å². The molecule has 2 aromatic rings. The van der Waals surface area contributed by atoms with Gasteiger partial charge >= 0.3 is 0 Å². The van der Waals surface area contributed by atoms with Crippen molar-refractivity contribution in [2.45, 2.75) is 45.2 Å². The SMILES string of the molecule is Cc1ccc(S(=O)(=O)N(CC(=O)NC(C)C)Cc2cccc(C)c2)cc1. The van der Waals surface area contributed by atoms with Gasteiger partial charge in [0, 0.05) is 12.6 Å². The van der Waals surface area contributed by atoms with Gasteiger partial charge < -0.3 is 5.32 Å². The summed E-state index contributed by atoms with van der Waals surface area (Å²) in [5, 5.41) is 2.76. The highest BCUT2D eigenvalue weighted by Gasteiger charge is 2.27. The van der Waals surface area contributed by atoms with E-state index in [2.05, 4.69) is 5.32 Å². The molecule has 0 aromatic heterocycles. The molecule has 1 amide bonds. The zero-order chi connectivity index (χ0) is 19.3. The van der Waals surface area contributed by atoms with Gasteiger partial charge in [0.2, 0.25) is 15.9 Å². The molecule has 0 spiro atoms. The molecule has 0 aliphatic carbocycles. The van der Waals surface area contributed by atoms with Gasteiger partial charge in [0.15, 0.2) is 0 Å². The molecular weight excluding hydrogens is 348 g/mol. The van der Waals surface area contributed by atoms with Crippen molar-refractivity contribution in [3.05, 3.63) is 65.2 Å². The maximum absolute atomic E-state index is 13.1. The first-order valence-corrected chi connectivity index (χ1v) is 10.0. The second-order valence-electron chi connectivity index (χ2n) is 6.80. The predicted octanol–water partition coefficient (Wildman–Crippen LogP) is 3.02. The average molecular weight is 375 g/mol. The lowest BCUT2D eigenvalue weighted by molar-refractivity contribution is -0.121. The van der Waals surface area contributed by atoms with E-state index in [0.717, 1.165) is 16.7 Å². The van der Waals surface area contributed by atoms with E-state index in [9.17, 15) is 13.2 Å². The molecule has 0 saturated heterocycles. The molecule has 0 saturated carbocycles. The summed E-state index contributed by atoms with van der Waals surface area (Å²) < 4.78 is 27.4. The molecule has 5 nitrogen and oxygen atoms in total. The monoisotopic (exact) mass is 374 g/mol. The molecule has 0 fully saturated rings. The van der Waals surface area contributed by atoms with Crippen molar-refractivity contribution in [1.29, 1.82) is 0 Å². The Morgan fingerprint density at radius 1 is 1.04 bits per heavy atom. The third-order valence-corrected chi connectivity index (χ3v) is 5.68. The lowest BCUT2D eigenvalue weighted by Gasteiger charge is -2.23. The van der Waals surface area contributed by atoms with Crippen LogP contribution >= 0.6 is 0 Å². The Morgan fingerprint density at radius 3 is 2.27 bits per heavy atom. The van der Waals surface area contributed by atoms with Gasteiger partial charge in [-0.1, -0.05) is 47.5 Å². The van der Waals surface area contributed by atoms with Crippen LogP contribution in [0.5, 0.6) is 0 Å². The highest BCUT2D eigenvalue weighted by Crippen LogP contribution is 2.19. The van der Waals surface area contributed by atoms with Gasteiger partial charge in [0.1, 0.15) is 0 Å². The number of amides is 1. The second kappa shape index (κ2) is 8.47. The number of carbonyl (C=O) groups is 1. The van der Waals surface area contributed by atoms with Gasteiger partial charge in [-0.3, -0.25) is 4.79 Å². The maximum atomic E-state index is 13.1. The number of sulfonamides is 1. The number of rotatable bonds is 7. The largest absolute Gasteiger partial charge is 0.353 e. The van der Waals surface area contributed by atoms with E-state index in [4.69, 9.17) is 0 Å². The molecular formula is C20H26N2O3S. The van der Waals surface area contributed by atoms with Crippen molar-refractivity contribution in [3.8, 4) is 0 Å². The highest BCUT2D eigenvalue weighted by atomic mass is 32.2. The van der Waals surface area contributed by atoms with Gasteiger partial charge in [0.25, 0.3) is 0 Å². The summed E-state index contributed by atoms with van der Waals surface area (Å²) in [4.78, 5) is 12.4. The number of carbonyl (C=O) groups excluding carboxylic acids is 1. The molecule has 26 heavy (non-hydrogen) atoms. The van der Waals surface area contributed by atoms with Crippen LogP contribution in [0.4, 0.5) is 0 Å².